The van der Waals surface area contributed by atoms with Crippen LogP contribution in [0.5, 0.6) is 0 Å². The molecule has 0 aliphatic rings. The Morgan fingerprint density at radius 3 is 2.00 bits per heavy atom. The zero-order valence-corrected chi connectivity index (χ0v) is 8.63. The molecule has 0 radical (unpaired) electrons. The molecule has 8 heavy (non-hydrogen) atoms. The van der Waals surface area contributed by atoms with E-state index < -0.39 is 0 Å². The minimum absolute atomic E-state index is 1.16. The van der Waals surface area contributed by atoms with Crippen molar-refractivity contribution in [1.82, 2.24) is 0 Å². The summed E-state index contributed by atoms with van der Waals surface area (Å²) < 4.78 is 2.55. The van der Waals surface area contributed by atoms with E-state index in [1.165, 1.54) is 26.1 Å². The van der Waals surface area contributed by atoms with E-state index >= 15 is 0 Å². The summed E-state index contributed by atoms with van der Waals surface area (Å²) in [5.74, 6) is 0. The van der Waals surface area contributed by atoms with E-state index in [1.54, 1.807) is 0 Å². The van der Waals surface area contributed by atoms with Crippen LogP contribution in [0.1, 0.15) is 0 Å². The van der Waals surface area contributed by atoms with Crippen LogP contribution in [0.4, 0.5) is 0 Å². The quantitative estimate of drug-likeness (QED) is 0.625. The Morgan fingerprint density at radius 1 is 1.12 bits per heavy atom. The maximum absolute atomic E-state index is 3.36. The van der Waals surface area contributed by atoms with E-state index in [-0.39, 0.29) is 0 Å². The fourth-order valence-corrected chi connectivity index (χ4v) is 1.19. The van der Waals surface area contributed by atoms with E-state index in [4.69, 9.17) is 0 Å². The molecule has 1 rings (SSSR count). The molecule has 0 N–H and O–H groups in total. The van der Waals surface area contributed by atoms with Crippen LogP contribution in [-0.2, 0) is 0 Å². The number of rotatable bonds is 0. The van der Waals surface area contributed by atoms with Crippen molar-refractivity contribution in [3.05, 3.63) is 28.7 Å². The first-order valence-corrected chi connectivity index (χ1v) is 4.48. The maximum atomic E-state index is 3.36. The molecule has 1 aromatic rings. The van der Waals surface area contributed by atoms with Gasteiger partial charge in [0.05, 0.1) is 0 Å². The second kappa shape index (κ2) is 2.87. The van der Waals surface area contributed by atoms with Crippen LogP contribution in [0.2, 0.25) is 0 Å². The average molecular weight is 275 g/mol. The van der Waals surface area contributed by atoms with Crippen molar-refractivity contribution in [3.63, 3.8) is 0 Å². The third-order valence-electron chi connectivity index (χ3n) is 0.844. The first kappa shape index (κ1) is 6.62. The van der Waals surface area contributed by atoms with Gasteiger partial charge in [-0.3, -0.25) is 0 Å². The van der Waals surface area contributed by atoms with Crippen LogP contribution in [0.15, 0.2) is 28.7 Å². The van der Waals surface area contributed by atoms with Crippen molar-refractivity contribution in [3.8, 4) is 0 Å². The van der Waals surface area contributed by atoms with Gasteiger partial charge in [-0.05, 0) is 0 Å². The summed E-state index contributed by atoms with van der Waals surface area (Å²) in [4.78, 5) is 0. The second-order valence-electron chi connectivity index (χ2n) is 1.51. The van der Waals surface area contributed by atoms with Gasteiger partial charge >= 0.3 is 70.8 Å². The number of benzene rings is 1. The summed E-state index contributed by atoms with van der Waals surface area (Å²) in [6.45, 7) is 0. The molecule has 36 valence electrons. The van der Waals surface area contributed by atoms with Crippen molar-refractivity contribution in [2.45, 2.75) is 0 Å². The van der Waals surface area contributed by atoms with E-state index in [2.05, 4.69) is 40.2 Å². The van der Waals surface area contributed by atoms with Gasteiger partial charge in [0.2, 0.25) is 0 Å². The van der Waals surface area contributed by atoms with E-state index in [1.807, 2.05) is 0 Å². The molecule has 0 heterocycles. The first-order chi connectivity index (χ1) is 3.79. The molecule has 0 bridgehead atoms. The zero-order valence-electron chi connectivity index (χ0n) is 4.19. The van der Waals surface area contributed by atoms with Gasteiger partial charge in [0.1, 0.15) is 0 Å². The molecule has 0 saturated carbocycles. The van der Waals surface area contributed by atoms with Gasteiger partial charge in [-0.15, -0.1) is 0 Å². The number of halogens is 1. The predicted octanol–water partition coefficient (Wildman–Crippen LogP) is 1.24. The van der Waals surface area contributed by atoms with E-state index in [0.717, 1.165) is 4.47 Å². The Balaban J connectivity index is 3.03. The van der Waals surface area contributed by atoms with Crippen LogP contribution in [0.25, 0.3) is 0 Å². The molecule has 0 spiro atoms. The fraction of sp³-hybridized carbons (Fsp3) is 0. The van der Waals surface area contributed by atoms with Crippen molar-refractivity contribution in [1.29, 1.82) is 0 Å². The standard InChI is InChI=1S/C6H4Br.Sn/c7-6-4-2-1-3-5-6;/h2-5H;/q;+3. The molecule has 0 aliphatic heterocycles. The Morgan fingerprint density at radius 2 is 1.62 bits per heavy atom. The van der Waals surface area contributed by atoms with Gasteiger partial charge in [0.15, 0.2) is 0 Å². The summed E-state index contributed by atoms with van der Waals surface area (Å²) in [6, 6.07) is 8.35. The second-order valence-corrected chi connectivity index (χ2v) is 4.07. The average Bonchev–Trinajstić information content (AvgIpc) is 1.77. The summed E-state index contributed by atoms with van der Waals surface area (Å²) in [7, 11) is 0. The summed E-state index contributed by atoms with van der Waals surface area (Å²) in [6.07, 6.45) is 0. The van der Waals surface area contributed by atoms with Crippen molar-refractivity contribution >= 4 is 42.0 Å². The summed E-state index contributed by atoms with van der Waals surface area (Å²) in [5.41, 5.74) is 0. The monoisotopic (exact) mass is 275 g/mol. The van der Waals surface area contributed by atoms with Crippen LogP contribution in [-0.4, -0.2) is 22.5 Å². The van der Waals surface area contributed by atoms with Gasteiger partial charge < -0.3 is 0 Å². The van der Waals surface area contributed by atoms with E-state index in [0.29, 0.717) is 0 Å². The van der Waals surface area contributed by atoms with Gasteiger partial charge in [0.25, 0.3) is 0 Å². The molecule has 0 aliphatic carbocycles. The van der Waals surface area contributed by atoms with E-state index in [9.17, 15) is 0 Å². The van der Waals surface area contributed by atoms with Gasteiger partial charge in [0, 0.05) is 0 Å². The van der Waals surface area contributed by atoms with Gasteiger partial charge in [-0.1, -0.05) is 0 Å². The minimum atomic E-state index is 1.16. The Bertz CT molecular complexity index is 147. The molecular formula is C6H4BrSn+3. The molecule has 1 aromatic carbocycles. The van der Waals surface area contributed by atoms with Crippen LogP contribution >= 0.6 is 15.9 Å². The third kappa shape index (κ3) is 1.78. The summed E-state index contributed by atoms with van der Waals surface area (Å²) >= 11 is 4.83. The molecule has 0 nitrogen and oxygen atoms in total. The number of hydrogen-bond acceptors (Lipinski definition) is 0. The van der Waals surface area contributed by atoms with Crippen LogP contribution < -0.4 is 3.58 Å². The predicted molar refractivity (Wildman–Crippen MR) is 39.5 cm³/mol. The van der Waals surface area contributed by atoms with Crippen molar-refractivity contribution < 1.29 is 0 Å². The van der Waals surface area contributed by atoms with Crippen molar-refractivity contribution in [2.75, 3.05) is 0 Å². The molecule has 0 aromatic heterocycles. The third-order valence-corrected chi connectivity index (χ3v) is 2.32. The number of hydrogen-bond donors (Lipinski definition) is 0. The SMILES string of the molecule is Brc1cc[c]([Sn+3])cc1. The van der Waals surface area contributed by atoms with Crippen LogP contribution in [0, 0.1) is 0 Å². The molecule has 2 heteroatoms. The molecule has 0 atom stereocenters. The molecular weight excluding hydrogens is 271 g/mol. The normalized spacial score (nSPS) is 9.38. The first-order valence-electron chi connectivity index (χ1n) is 2.26. The molecule has 0 fully saturated rings. The molecule has 0 amide bonds. The van der Waals surface area contributed by atoms with Crippen LogP contribution in [0.3, 0.4) is 0 Å². The Hall–Kier alpha value is 0.499. The topological polar surface area (TPSA) is 0 Å². The van der Waals surface area contributed by atoms with Gasteiger partial charge in [-0.25, -0.2) is 0 Å². The molecule has 0 saturated heterocycles. The zero-order chi connectivity index (χ0) is 5.98. The van der Waals surface area contributed by atoms with Gasteiger partial charge in [-0.2, -0.15) is 0 Å². The summed E-state index contributed by atoms with van der Waals surface area (Å²) in [5, 5.41) is 0. The Kier molecular flexibility index (Phi) is 2.38. The van der Waals surface area contributed by atoms with Crippen molar-refractivity contribution in [2.24, 2.45) is 0 Å². The fourth-order valence-electron chi connectivity index (χ4n) is 0.450. The Labute approximate surface area is 70.5 Å². The molecule has 0 unspecified atom stereocenters.